The molecule has 2 aromatic rings. The van der Waals surface area contributed by atoms with Gasteiger partial charge in [-0.05, 0) is 45.1 Å². The Morgan fingerprint density at radius 2 is 2.00 bits per heavy atom. The molecule has 1 aliphatic rings. The molecule has 1 aliphatic heterocycles. The highest BCUT2D eigenvalue weighted by Crippen LogP contribution is 2.22. The average molecular weight is 256 g/mol. The SMILES string of the molecule is CN1CCC(Nc2ccccc2-n2ccnc2)CC1. The molecule has 0 spiro atoms. The number of nitrogens with zero attached hydrogens (tertiary/aromatic N) is 3. The number of hydrogen-bond donors (Lipinski definition) is 1. The van der Waals surface area contributed by atoms with E-state index in [9.17, 15) is 0 Å². The number of aromatic nitrogens is 2. The van der Waals surface area contributed by atoms with Crippen molar-refractivity contribution >= 4 is 5.69 Å². The lowest BCUT2D eigenvalue weighted by atomic mass is 10.0. The minimum absolute atomic E-state index is 0.570. The molecule has 0 amide bonds. The van der Waals surface area contributed by atoms with Gasteiger partial charge in [-0.2, -0.15) is 0 Å². The molecule has 0 radical (unpaired) electrons. The number of rotatable bonds is 3. The van der Waals surface area contributed by atoms with E-state index in [1.165, 1.54) is 37.3 Å². The third-order valence-corrected chi connectivity index (χ3v) is 3.76. The number of piperidine rings is 1. The number of anilines is 1. The van der Waals surface area contributed by atoms with Crippen LogP contribution >= 0.6 is 0 Å². The van der Waals surface area contributed by atoms with Gasteiger partial charge in [0.1, 0.15) is 0 Å². The van der Waals surface area contributed by atoms with Crippen molar-refractivity contribution in [3.63, 3.8) is 0 Å². The van der Waals surface area contributed by atoms with E-state index in [0.29, 0.717) is 6.04 Å². The highest BCUT2D eigenvalue weighted by Gasteiger charge is 2.17. The van der Waals surface area contributed by atoms with Crippen molar-refractivity contribution in [3.8, 4) is 5.69 Å². The van der Waals surface area contributed by atoms with E-state index in [0.717, 1.165) is 0 Å². The van der Waals surface area contributed by atoms with Gasteiger partial charge >= 0.3 is 0 Å². The summed E-state index contributed by atoms with van der Waals surface area (Å²) in [4.78, 5) is 6.51. The summed E-state index contributed by atoms with van der Waals surface area (Å²) in [5.74, 6) is 0. The standard InChI is InChI=1S/C15H20N4/c1-18-9-6-13(7-10-18)17-14-4-2-3-5-15(14)19-11-8-16-12-19/h2-5,8,11-13,17H,6-7,9-10H2,1H3. The van der Waals surface area contributed by atoms with E-state index in [1.54, 1.807) is 0 Å². The molecule has 0 bridgehead atoms. The van der Waals surface area contributed by atoms with Crippen molar-refractivity contribution in [2.24, 2.45) is 0 Å². The van der Waals surface area contributed by atoms with Crippen molar-refractivity contribution in [2.45, 2.75) is 18.9 Å². The molecule has 1 aromatic carbocycles. The topological polar surface area (TPSA) is 33.1 Å². The first-order valence-electron chi connectivity index (χ1n) is 6.85. The smallest absolute Gasteiger partial charge is 0.0992 e. The summed E-state index contributed by atoms with van der Waals surface area (Å²) >= 11 is 0. The molecule has 0 unspecified atom stereocenters. The maximum atomic E-state index is 4.12. The summed E-state index contributed by atoms with van der Waals surface area (Å²) in [6.07, 6.45) is 8.04. The Kier molecular flexibility index (Phi) is 3.51. The second-order valence-corrected chi connectivity index (χ2v) is 5.21. The summed E-state index contributed by atoms with van der Waals surface area (Å²) in [6, 6.07) is 8.99. The van der Waals surface area contributed by atoms with E-state index < -0.39 is 0 Å². The Balaban J connectivity index is 1.78. The summed E-state index contributed by atoms with van der Waals surface area (Å²) < 4.78 is 2.05. The lowest BCUT2D eigenvalue weighted by molar-refractivity contribution is 0.264. The molecule has 0 aliphatic carbocycles. The molecule has 1 N–H and O–H groups in total. The molecule has 2 heterocycles. The highest BCUT2D eigenvalue weighted by molar-refractivity contribution is 5.61. The maximum Gasteiger partial charge on any atom is 0.0992 e. The Morgan fingerprint density at radius 3 is 2.74 bits per heavy atom. The van der Waals surface area contributed by atoms with Crippen molar-refractivity contribution in [1.82, 2.24) is 14.5 Å². The third-order valence-electron chi connectivity index (χ3n) is 3.76. The number of likely N-dealkylation sites (tertiary alicyclic amines) is 1. The van der Waals surface area contributed by atoms with E-state index >= 15 is 0 Å². The largest absolute Gasteiger partial charge is 0.381 e. The molecule has 1 fully saturated rings. The zero-order chi connectivity index (χ0) is 13.1. The van der Waals surface area contributed by atoms with Crippen LogP contribution in [0, 0.1) is 0 Å². The quantitative estimate of drug-likeness (QED) is 0.915. The van der Waals surface area contributed by atoms with Crippen LogP contribution < -0.4 is 5.32 Å². The number of hydrogen-bond acceptors (Lipinski definition) is 3. The van der Waals surface area contributed by atoms with Crippen LogP contribution in [0.5, 0.6) is 0 Å². The fraction of sp³-hybridized carbons (Fsp3) is 0.400. The molecule has 4 nitrogen and oxygen atoms in total. The molecule has 0 atom stereocenters. The van der Waals surface area contributed by atoms with Crippen molar-refractivity contribution in [2.75, 3.05) is 25.5 Å². The summed E-state index contributed by atoms with van der Waals surface area (Å²) in [5, 5.41) is 3.68. The first kappa shape index (κ1) is 12.2. The van der Waals surface area contributed by atoms with Gasteiger partial charge in [0.15, 0.2) is 0 Å². The van der Waals surface area contributed by atoms with Crippen LogP contribution in [0.1, 0.15) is 12.8 Å². The van der Waals surface area contributed by atoms with Gasteiger partial charge < -0.3 is 14.8 Å². The molecule has 1 saturated heterocycles. The monoisotopic (exact) mass is 256 g/mol. The number of nitrogens with one attached hydrogen (secondary N) is 1. The molecule has 4 heteroatoms. The minimum atomic E-state index is 0.570. The molecular formula is C15H20N4. The molecule has 3 rings (SSSR count). The molecule has 0 saturated carbocycles. The molecule has 1 aromatic heterocycles. The van der Waals surface area contributed by atoms with Gasteiger partial charge in [-0.1, -0.05) is 12.1 Å². The lowest BCUT2D eigenvalue weighted by Crippen LogP contribution is -2.36. The van der Waals surface area contributed by atoms with Crippen LogP contribution in [-0.2, 0) is 0 Å². The van der Waals surface area contributed by atoms with Gasteiger partial charge in [0.2, 0.25) is 0 Å². The second-order valence-electron chi connectivity index (χ2n) is 5.21. The fourth-order valence-corrected chi connectivity index (χ4v) is 2.60. The van der Waals surface area contributed by atoms with E-state index in [4.69, 9.17) is 0 Å². The second kappa shape index (κ2) is 5.45. The minimum Gasteiger partial charge on any atom is -0.381 e. The Bertz CT molecular complexity index is 513. The van der Waals surface area contributed by atoms with Crippen molar-refractivity contribution < 1.29 is 0 Å². The van der Waals surface area contributed by atoms with Gasteiger partial charge in [0, 0.05) is 18.4 Å². The fourth-order valence-electron chi connectivity index (χ4n) is 2.60. The van der Waals surface area contributed by atoms with E-state index in [1.807, 2.05) is 18.7 Å². The summed E-state index contributed by atoms with van der Waals surface area (Å²) in [5.41, 5.74) is 2.36. The first-order valence-corrected chi connectivity index (χ1v) is 6.85. The Hall–Kier alpha value is -1.81. The van der Waals surface area contributed by atoms with E-state index in [-0.39, 0.29) is 0 Å². The van der Waals surface area contributed by atoms with Crippen LogP contribution in [0.3, 0.4) is 0 Å². The van der Waals surface area contributed by atoms with Crippen LogP contribution in [0.15, 0.2) is 43.0 Å². The molecule has 100 valence electrons. The molecular weight excluding hydrogens is 236 g/mol. The predicted molar refractivity (Wildman–Crippen MR) is 77.7 cm³/mol. The van der Waals surface area contributed by atoms with Gasteiger partial charge in [-0.15, -0.1) is 0 Å². The van der Waals surface area contributed by atoms with Crippen molar-refractivity contribution in [1.29, 1.82) is 0 Å². The zero-order valence-corrected chi connectivity index (χ0v) is 11.3. The van der Waals surface area contributed by atoms with Gasteiger partial charge in [0.05, 0.1) is 17.7 Å². The number of para-hydroxylation sites is 2. The number of imidazole rings is 1. The van der Waals surface area contributed by atoms with Crippen LogP contribution in [0.2, 0.25) is 0 Å². The van der Waals surface area contributed by atoms with Crippen LogP contribution in [-0.4, -0.2) is 40.6 Å². The zero-order valence-electron chi connectivity index (χ0n) is 11.3. The third kappa shape index (κ3) is 2.79. The normalized spacial score (nSPS) is 17.5. The predicted octanol–water partition coefficient (Wildman–Crippen LogP) is 2.38. The first-order chi connectivity index (χ1) is 9.33. The van der Waals surface area contributed by atoms with Crippen LogP contribution in [0.25, 0.3) is 5.69 Å². The van der Waals surface area contributed by atoms with Crippen LogP contribution in [0.4, 0.5) is 5.69 Å². The van der Waals surface area contributed by atoms with Gasteiger partial charge in [-0.25, -0.2) is 4.98 Å². The van der Waals surface area contributed by atoms with Gasteiger partial charge in [0.25, 0.3) is 0 Å². The summed E-state index contributed by atoms with van der Waals surface area (Å²) in [6.45, 7) is 2.34. The average Bonchev–Trinajstić information content (AvgIpc) is 2.96. The lowest BCUT2D eigenvalue weighted by Gasteiger charge is -2.30. The van der Waals surface area contributed by atoms with Gasteiger partial charge in [-0.3, -0.25) is 0 Å². The Morgan fingerprint density at radius 1 is 1.21 bits per heavy atom. The van der Waals surface area contributed by atoms with E-state index in [2.05, 4.69) is 51.1 Å². The molecule has 19 heavy (non-hydrogen) atoms. The summed E-state index contributed by atoms with van der Waals surface area (Å²) in [7, 11) is 2.19. The maximum absolute atomic E-state index is 4.12. The Labute approximate surface area is 114 Å². The highest BCUT2D eigenvalue weighted by atomic mass is 15.1. The van der Waals surface area contributed by atoms with Crippen molar-refractivity contribution in [3.05, 3.63) is 43.0 Å². The number of benzene rings is 1.